The molecule has 0 saturated heterocycles. The normalized spacial score (nSPS) is 17.2. The second kappa shape index (κ2) is 6.89. The van der Waals surface area contributed by atoms with Crippen LogP contribution in [0.5, 0.6) is 5.75 Å². The quantitative estimate of drug-likeness (QED) is 0.866. The summed E-state index contributed by atoms with van der Waals surface area (Å²) in [6.45, 7) is 0.918. The number of halogens is 2. The van der Waals surface area contributed by atoms with Crippen molar-refractivity contribution in [1.29, 1.82) is 0 Å². The van der Waals surface area contributed by atoms with E-state index >= 15 is 0 Å². The van der Waals surface area contributed by atoms with Gasteiger partial charge >= 0.3 is 0 Å². The Morgan fingerprint density at radius 2 is 2.12 bits per heavy atom. The third-order valence-corrected chi connectivity index (χ3v) is 5.23. The van der Waals surface area contributed by atoms with E-state index in [0.29, 0.717) is 35.9 Å². The number of ether oxygens (including phenoxy) is 2. The van der Waals surface area contributed by atoms with E-state index in [1.165, 1.54) is 12.1 Å². The lowest BCUT2D eigenvalue weighted by molar-refractivity contribution is -0.123. The van der Waals surface area contributed by atoms with Gasteiger partial charge in [-0.3, -0.25) is 4.79 Å². The minimum absolute atomic E-state index is 0.00529. The largest absolute Gasteiger partial charge is 0.467 e. The van der Waals surface area contributed by atoms with E-state index in [4.69, 9.17) is 21.1 Å². The summed E-state index contributed by atoms with van der Waals surface area (Å²) in [7, 11) is 0. The van der Waals surface area contributed by atoms with Gasteiger partial charge < -0.3 is 14.8 Å². The van der Waals surface area contributed by atoms with Gasteiger partial charge in [0.2, 0.25) is 5.91 Å². The smallest absolute Gasteiger partial charge is 0.230 e. The number of fused-ring (bicyclic) bond motifs is 1. The average molecular weight is 376 g/mol. The highest BCUT2D eigenvalue weighted by molar-refractivity contribution is 6.30. The Morgan fingerprint density at radius 1 is 1.27 bits per heavy atom. The number of amides is 1. The molecule has 136 valence electrons. The van der Waals surface area contributed by atoms with Crippen LogP contribution in [0.1, 0.15) is 29.5 Å². The van der Waals surface area contributed by atoms with Gasteiger partial charge in [-0.2, -0.15) is 0 Å². The molecule has 0 bridgehead atoms. The second-order valence-corrected chi connectivity index (χ2v) is 7.20. The average Bonchev–Trinajstić information content (AvgIpc) is 3.43. The van der Waals surface area contributed by atoms with Crippen molar-refractivity contribution in [3.05, 3.63) is 63.9 Å². The summed E-state index contributed by atoms with van der Waals surface area (Å²) in [5.74, 6) is 0.342. The van der Waals surface area contributed by atoms with Crippen molar-refractivity contribution >= 4 is 17.5 Å². The van der Waals surface area contributed by atoms with Crippen molar-refractivity contribution in [1.82, 2.24) is 5.32 Å². The van der Waals surface area contributed by atoms with Gasteiger partial charge in [-0.05, 0) is 54.7 Å². The van der Waals surface area contributed by atoms with Crippen LogP contribution in [-0.2, 0) is 28.0 Å². The number of nitrogens with one attached hydrogen (secondary N) is 1. The molecular formula is C20H19ClFNO3. The third-order valence-electron chi connectivity index (χ3n) is 4.99. The van der Waals surface area contributed by atoms with E-state index in [-0.39, 0.29) is 18.5 Å². The van der Waals surface area contributed by atoms with Crippen LogP contribution in [0.2, 0.25) is 5.02 Å². The van der Waals surface area contributed by atoms with E-state index in [9.17, 15) is 9.18 Å². The van der Waals surface area contributed by atoms with Gasteiger partial charge in [0.25, 0.3) is 0 Å². The standard InChI is InChI=1S/C20H19ClFNO3/c21-16-3-1-2-15(10-16)20(5-6-20)19(24)23-7-4-13-8-17(22)9-14-11-25-12-26-18(13)14/h1-3,8-10H,4-7,11-12H2,(H,23,24). The number of hydrogen-bond acceptors (Lipinski definition) is 3. The zero-order chi connectivity index (χ0) is 18.1. The van der Waals surface area contributed by atoms with Crippen LogP contribution in [0.25, 0.3) is 0 Å². The maximum absolute atomic E-state index is 13.8. The maximum Gasteiger partial charge on any atom is 0.230 e. The van der Waals surface area contributed by atoms with Gasteiger partial charge in [-0.15, -0.1) is 0 Å². The van der Waals surface area contributed by atoms with E-state index in [1.807, 2.05) is 18.2 Å². The SMILES string of the molecule is O=C(NCCc1cc(F)cc2c1OCOC2)C1(c2cccc(Cl)c2)CC1. The van der Waals surface area contributed by atoms with Crippen LogP contribution in [0, 0.1) is 5.82 Å². The molecule has 2 aliphatic rings. The number of benzene rings is 2. The first-order valence-corrected chi connectivity index (χ1v) is 9.02. The van der Waals surface area contributed by atoms with Crippen molar-refractivity contribution < 1.29 is 18.7 Å². The summed E-state index contributed by atoms with van der Waals surface area (Å²) in [5.41, 5.74) is 1.92. The predicted molar refractivity (Wildman–Crippen MR) is 95.8 cm³/mol. The number of carbonyl (C=O) groups is 1. The van der Waals surface area contributed by atoms with Crippen molar-refractivity contribution in [2.24, 2.45) is 0 Å². The Morgan fingerprint density at radius 3 is 2.88 bits per heavy atom. The third kappa shape index (κ3) is 3.29. The highest BCUT2D eigenvalue weighted by Crippen LogP contribution is 2.48. The Bertz CT molecular complexity index is 851. The molecule has 6 heteroatoms. The molecule has 1 aliphatic carbocycles. The first-order valence-electron chi connectivity index (χ1n) is 8.65. The number of hydrogen-bond donors (Lipinski definition) is 1. The molecule has 1 saturated carbocycles. The Balaban J connectivity index is 1.43. The van der Waals surface area contributed by atoms with Gasteiger partial charge in [0.05, 0.1) is 12.0 Å². The Labute approximate surface area is 156 Å². The number of carbonyl (C=O) groups excluding carboxylic acids is 1. The fourth-order valence-corrected chi connectivity index (χ4v) is 3.67. The van der Waals surface area contributed by atoms with E-state index in [2.05, 4.69) is 5.32 Å². The highest BCUT2D eigenvalue weighted by atomic mass is 35.5. The minimum Gasteiger partial charge on any atom is -0.467 e. The van der Waals surface area contributed by atoms with Crippen LogP contribution in [-0.4, -0.2) is 19.2 Å². The van der Waals surface area contributed by atoms with E-state index in [0.717, 1.165) is 24.0 Å². The zero-order valence-electron chi connectivity index (χ0n) is 14.2. The van der Waals surface area contributed by atoms with Gasteiger partial charge in [0.15, 0.2) is 6.79 Å². The minimum atomic E-state index is -0.476. The Kier molecular flexibility index (Phi) is 4.59. The summed E-state index contributed by atoms with van der Waals surface area (Å²) in [4.78, 5) is 12.7. The van der Waals surface area contributed by atoms with Crippen LogP contribution in [0.3, 0.4) is 0 Å². The lowest BCUT2D eigenvalue weighted by Crippen LogP contribution is -2.36. The molecule has 0 unspecified atom stereocenters. The Hall–Kier alpha value is -2.11. The lowest BCUT2D eigenvalue weighted by Gasteiger charge is -2.21. The van der Waals surface area contributed by atoms with Crippen LogP contribution in [0.4, 0.5) is 4.39 Å². The van der Waals surface area contributed by atoms with Gasteiger partial charge in [-0.25, -0.2) is 4.39 Å². The van der Waals surface area contributed by atoms with Crippen LogP contribution in [0.15, 0.2) is 36.4 Å². The molecule has 2 aromatic rings. The molecular weight excluding hydrogens is 357 g/mol. The summed E-state index contributed by atoms with van der Waals surface area (Å²) >= 11 is 6.06. The first-order chi connectivity index (χ1) is 12.6. The van der Waals surface area contributed by atoms with Gasteiger partial charge in [0.1, 0.15) is 11.6 Å². The molecule has 0 atom stereocenters. The monoisotopic (exact) mass is 375 g/mol. The topological polar surface area (TPSA) is 47.6 Å². The van der Waals surface area contributed by atoms with Gasteiger partial charge in [0, 0.05) is 17.1 Å². The van der Waals surface area contributed by atoms with Gasteiger partial charge in [-0.1, -0.05) is 23.7 Å². The fourth-order valence-electron chi connectivity index (χ4n) is 3.48. The molecule has 0 aromatic heterocycles. The molecule has 4 nitrogen and oxygen atoms in total. The summed E-state index contributed by atoms with van der Waals surface area (Å²) in [6.07, 6.45) is 2.13. The summed E-state index contributed by atoms with van der Waals surface area (Å²) in [6, 6.07) is 10.3. The molecule has 1 aliphatic heterocycles. The molecule has 1 N–H and O–H groups in total. The molecule has 1 heterocycles. The molecule has 4 rings (SSSR count). The first kappa shape index (κ1) is 17.3. The maximum atomic E-state index is 13.8. The molecule has 0 spiro atoms. The van der Waals surface area contributed by atoms with Crippen LogP contribution >= 0.6 is 11.6 Å². The summed E-state index contributed by atoms with van der Waals surface area (Å²) in [5, 5.41) is 3.62. The number of rotatable bonds is 5. The predicted octanol–water partition coefficient (Wildman–Crippen LogP) is 3.74. The zero-order valence-corrected chi connectivity index (χ0v) is 14.9. The highest BCUT2D eigenvalue weighted by Gasteiger charge is 2.51. The molecule has 1 fully saturated rings. The molecule has 1 amide bonds. The van der Waals surface area contributed by atoms with Crippen molar-refractivity contribution in [2.45, 2.75) is 31.3 Å². The molecule has 26 heavy (non-hydrogen) atoms. The van der Waals surface area contributed by atoms with Crippen LogP contribution < -0.4 is 10.1 Å². The lowest BCUT2D eigenvalue weighted by atomic mass is 9.95. The molecule has 0 radical (unpaired) electrons. The van der Waals surface area contributed by atoms with Crippen molar-refractivity contribution in [3.63, 3.8) is 0 Å². The summed E-state index contributed by atoms with van der Waals surface area (Å²) < 4.78 is 24.5. The fraction of sp³-hybridized carbons (Fsp3) is 0.350. The van der Waals surface area contributed by atoms with E-state index in [1.54, 1.807) is 6.07 Å². The van der Waals surface area contributed by atoms with Crippen molar-refractivity contribution in [2.75, 3.05) is 13.3 Å². The second-order valence-electron chi connectivity index (χ2n) is 6.76. The van der Waals surface area contributed by atoms with Crippen molar-refractivity contribution in [3.8, 4) is 5.75 Å². The van der Waals surface area contributed by atoms with E-state index < -0.39 is 5.41 Å². The molecule has 2 aromatic carbocycles.